The first-order chi connectivity index (χ1) is 20.9. The summed E-state index contributed by atoms with van der Waals surface area (Å²) in [6, 6.07) is 14.3. The van der Waals surface area contributed by atoms with Gasteiger partial charge in [0.1, 0.15) is 12.6 Å². The van der Waals surface area contributed by atoms with Gasteiger partial charge < -0.3 is 19.7 Å². The van der Waals surface area contributed by atoms with E-state index in [4.69, 9.17) is 44.3 Å². The fourth-order valence-electron chi connectivity index (χ4n) is 5.05. The average Bonchev–Trinajstić information content (AvgIpc) is 3.53. The van der Waals surface area contributed by atoms with E-state index in [-0.39, 0.29) is 34.8 Å². The van der Waals surface area contributed by atoms with Gasteiger partial charge in [0, 0.05) is 23.7 Å². The number of nitrogens with zero attached hydrogens (tertiary/aromatic N) is 2. The van der Waals surface area contributed by atoms with E-state index in [0.29, 0.717) is 26.4 Å². The Balaban J connectivity index is 1.72. The summed E-state index contributed by atoms with van der Waals surface area (Å²) in [6.07, 6.45) is 3.78. The van der Waals surface area contributed by atoms with Crippen LogP contribution in [0.5, 0.6) is 11.5 Å². The van der Waals surface area contributed by atoms with Crippen LogP contribution in [0, 0.1) is 0 Å². The number of sulfonamides is 1. The third kappa shape index (κ3) is 7.90. The van der Waals surface area contributed by atoms with Crippen molar-refractivity contribution in [3.8, 4) is 11.5 Å². The molecule has 2 amide bonds. The van der Waals surface area contributed by atoms with E-state index in [0.717, 1.165) is 30.0 Å². The van der Waals surface area contributed by atoms with Gasteiger partial charge in [0.2, 0.25) is 11.8 Å². The summed E-state index contributed by atoms with van der Waals surface area (Å²) in [5, 5.41) is 4.06. The lowest BCUT2D eigenvalue weighted by Gasteiger charge is -2.32. The molecule has 0 heterocycles. The van der Waals surface area contributed by atoms with Gasteiger partial charge in [-0.1, -0.05) is 53.7 Å². The van der Waals surface area contributed by atoms with Crippen molar-refractivity contribution >= 4 is 62.3 Å². The molecule has 0 radical (unpaired) electrons. The lowest BCUT2D eigenvalue weighted by atomic mass is 10.1. The lowest BCUT2D eigenvalue weighted by molar-refractivity contribution is -0.139. The predicted octanol–water partition coefficient (Wildman–Crippen LogP) is 6.34. The number of rotatable bonds is 12. The van der Waals surface area contributed by atoms with Gasteiger partial charge >= 0.3 is 0 Å². The molecule has 1 saturated carbocycles. The van der Waals surface area contributed by atoms with E-state index in [1.165, 1.54) is 61.6 Å². The van der Waals surface area contributed by atoms with E-state index >= 15 is 0 Å². The quantitative estimate of drug-likeness (QED) is 0.239. The first-order valence-electron chi connectivity index (χ1n) is 14.0. The van der Waals surface area contributed by atoms with Crippen molar-refractivity contribution in [1.29, 1.82) is 0 Å². The Morgan fingerprint density at radius 1 is 0.909 bits per heavy atom. The third-order valence-corrected chi connectivity index (χ3v) is 10.3. The molecule has 1 unspecified atom stereocenters. The smallest absolute Gasteiger partial charge is 0.264 e. The Morgan fingerprint density at radius 2 is 1.57 bits per heavy atom. The second-order valence-corrected chi connectivity index (χ2v) is 13.6. The van der Waals surface area contributed by atoms with Crippen molar-refractivity contribution in [3.63, 3.8) is 0 Å². The Bertz CT molecular complexity index is 1600. The molecule has 44 heavy (non-hydrogen) atoms. The number of carbonyl (C=O) groups excluding carboxylic acids is 2. The largest absolute Gasteiger partial charge is 0.493 e. The molecule has 9 nitrogen and oxygen atoms in total. The summed E-state index contributed by atoms with van der Waals surface area (Å²) in [5.41, 5.74) is 0.823. The van der Waals surface area contributed by atoms with Gasteiger partial charge in [0.15, 0.2) is 11.5 Å². The molecule has 3 aromatic rings. The number of hydrogen-bond acceptors (Lipinski definition) is 6. The van der Waals surface area contributed by atoms with Crippen LogP contribution >= 0.6 is 34.8 Å². The SMILES string of the molecule is COc1ccc(S(=O)(=O)N(CC(=O)N(Cc2ccc(Cl)c(Cl)c2)C(C)C(=O)NC2CCCC2)c2ccc(Cl)cc2)cc1OC. The molecule has 4 rings (SSSR count). The average molecular weight is 683 g/mol. The number of amides is 2. The molecule has 3 aromatic carbocycles. The molecule has 1 N–H and O–H groups in total. The van der Waals surface area contributed by atoms with Crippen LogP contribution in [-0.2, 0) is 26.2 Å². The monoisotopic (exact) mass is 681 g/mol. The van der Waals surface area contributed by atoms with E-state index in [9.17, 15) is 18.0 Å². The maximum Gasteiger partial charge on any atom is 0.264 e. The molecule has 1 atom stereocenters. The standard InChI is InChI=1S/C31H34Cl3N3O6S/c1-20(31(39)35-23-6-4-5-7-23)36(18-21-8-14-26(33)27(34)16-21)30(38)19-37(24-11-9-22(32)10-12-24)44(40,41)25-13-15-28(42-2)29(17-25)43-3/h8-17,20,23H,4-7,18-19H2,1-3H3,(H,35,39). The van der Waals surface area contributed by atoms with Crippen LogP contribution in [-0.4, -0.2) is 58.0 Å². The van der Waals surface area contributed by atoms with Gasteiger partial charge in [0.05, 0.1) is 34.8 Å². The Morgan fingerprint density at radius 3 is 2.18 bits per heavy atom. The molecule has 0 bridgehead atoms. The Labute approximate surface area is 273 Å². The van der Waals surface area contributed by atoms with Crippen molar-refractivity contribution < 1.29 is 27.5 Å². The molecular weight excluding hydrogens is 649 g/mol. The second kappa shape index (κ2) is 14.7. The number of carbonyl (C=O) groups is 2. The van der Waals surface area contributed by atoms with Gasteiger partial charge in [-0.25, -0.2) is 8.42 Å². The molecule has 1 aliphatic carbocycles. The summed E-state index contributed by atoms with van der Waals surface area (Å²) < 4.78 is 39.8. The van der Waals surface area contributed by atoms with Gasteiger partial charge in [-0.3, -0.25) is 13.9 Å². The van der Waals surface area contributed by atoms with Crippen LogP contribution in [0.15, 0.2) is 65.6 Å². The summed E-state index contributed by atoms with van der Waals surface area (Å²) in [6.45, 7) is 0.996. The van der Waals surface area contributed by atoms with Crippen LogP contribution in [0.1, 0.15) is 38.2 Å². The zero-order chi connectivity index (χ0) is 32.0. The molecule has 1 fully saturated rings. The van der Waals surface area contributed by atoms with Gasteiger partial charge in [-0.2, -0.15) is 0 Å². The number of nitrogens with one attached hydrogen (secondary N) is 1. The van der Waals surface area contributed by atoms with E-state index in [1.807, 2.05) is 0 Å². The van der Waals surface area contributed by atoms with Gasteiger partial charge in [-0.05, 0) is 73.9 Å². The fraction of sp³-hybridized carbons (Fsp3) is 0.355. The van der Waals surface area contributed by atoms with Crippen molar-refractivity contribution in [2.75, 3.05) is 25.1 Å². The highest BCUT2D eigenvalue weighted by molar-refractivity contribution is 7.92. The minimum Gasteiger partial charge on any atom is -0.493 e. The first kappa shape index (κ1) is 33.7. The summed E-state index contributed by atoms with van der Waals surface area (Å²) in [5.74, 6) is -0.389. The highest BCUT2D eigenvalue weighted by Gasteiger charge is 2.34. The zero-order valence-electron chi connectivity index (χ0n) is 24.6. The van der Waals surface area contributed by atoms with E-state index in [1.54, 1.807) is 25.1 Å². The molecule has 0 saturated heterocycles. The highest BCUT2D eigenvalue weighted by Crippen LogP contribution is 2.33. The number of anilines is 1. The summed E-state index contributed by atoms with van der Waals surface area (Å²) in [7, 11) is -1.50. The van der Waals surface area contributed by atoms with E-state index in [2.05, 4.69) is 5.32 Å². The molecule has 13 heteroatoms. The molecule has 0 aliphatic heterocycles. The van der Waals surface area contributed by atoms with Crippen LogP contribution in [0.25, 0.3) is 0 Å². The Hall–Kier alpha value is -3.18. The lowest BCUT2D eigenvalue weighted by Crippen LogP contribution is -2.52. The number of halogens is 3. The predicted molar refractivity (Wildman–Crippen MR) is 172 cm³/mol. The minimum absolute atomic E-state index is 0.0140. The van der Waals surface area contributed by atoms with Crippen molar-refractivity contribution in [2.45, 2.75) is 56.1 Å². The number of hydrogen-bond donors (Lipinski definition) is 1. The first-order valence-corrected chi connectivity index (χ1v) is 16.6. The van der Waals surface area contributed by atoms with Crippen molar-refractivity contribution in [3.05, 3.63) is 81.3 Å². The maximum atomic E-state index is 14.1. The molecule has 0 aromatic heterocycles. The highest BCUT2D eigenvalue weighted by atomic mass is 35.5. The number of benzene rings is 3. The summed E-state index contributed by atoms with van der Waals surface area (Å²) in [4.78, 5) is 28.7. The summed E-state index contributed by atoms with van der Waals surface area (Å²) >= 11 is 18.5. The van der Waals surface area contributed by atoms with Gasteiger partial charge in [-0.15, -0.1) is 0 Å². The van der Waals surface area contributed by atoms with E-state index < -0.39 is 28.5 Å². The second-order valence-electron chi connectivity index (χ2n) is 10.4. The number of methoxy groups -OCH3 is 2. The van der Waals surface area contributed by atoms with Crippen molar-refractivity contribution in [2.24, 2.45) is 0 Å². The molecule has 0 spiro atoms. The molecular formula is C31H34Cl3N3O6S. The zero-order valence-corrected chi connectivity index (χ0v) is 27.6. The topological polar surface area (TPSA) is 105 Å². The van der Waals surface area contributed by atoms with Gasteiger partial charge in [0.25, 0.3) is 10.0 Å². The minimum atomic E-state index is -4.33. The normalized spacial score (nSPS) is 14.1. The van der Waals surface area contributed by atoms with Crippen LogP contribution in [0.2, 0.25) is 15.1 Å². The van der Waals surface area contributed by atoms with Crippen molar-refractivity contribution in [1.82, 2.24) is 10.2 Å². The third-order valence-electron chi connectivity index (χ3n) is 7.54. The van der Waals surface area contributed by atoms with Crippen LogP contribution in [0.3, 0.4) is 0 Å². The van der Waals surface area contributed by atoms with Crippen LogP contribution in [0.4, 0.5) is 5.69 Å². The maximum absolute atomic E-state index is 14.1. The fourth-order valence-corrected chi connectivity index (χ4v) is 6.93. The van der Waals surface area contributed by atoms with Crippen LogP contribution < -0.4 is 19.1 Å². The number of ether oxygens (including phenoxy) is 2. The molecule has 1 aliphatic rings. The molecule has 236 valence electrons. The Kier molecular flexibility index (Phi) is 11.3.